The van der Waals surface area contributed by atoms with E-state index in [1.54, 1.807) is 6.26 Å². The molecule has 1 aromatic heterocycles. The molecule has 82 valence electrons. The molecule has 1 saturated heterocycles. The molecule has 0 radical (unpaired) electrons. The molecule has 2 heterocycles. The van der Waals surface area contributed by atoms with Crippen molar-refractivity contribution in [1.82, 2.24) is 5.32 Å². The maximum Gasteiger partial charge on any atom is 0.325 e. The Kier molecular flexibility index (Phi) is 2.52. The molecule has 0 saturated carbocycles. The lowest BCUT2D eigenvalue weighted by Crippen LogP contribution is -2.45. The van der Waals surface area contributed by atoms with Crippen LogP contribution in [0.25, 0.3) is 0 Å². The second kappa shape index (κ2) is 3.70. The average molecular weight is 209 g/mol. The lowest BCUT2D eigenvalue weighted by atomic mass is 9.93. The highest BCUT2D eigenvalue weighted by Gasteiger charge is 2.43. The summed E-state index contributed by atoms with van der Waals surface area (Å²) in [4.78, 5) is 11.5. The Morgan fingerprint density at radius 1 is 1.73 bits per heavy atom. The van der Waals surface area contributed by atoms with Gasteiger partial charge in [-0.25, -0.2) is 0 Å². The summed E-state index contributed by atoms with van der Waals surface area (Å²) in [6, 6.07) is 3.80. The van der Waals surface area contributed by atoms with Crippen LogP contribution in [-0.4, -0.2) is 25.2 Å². The van der Waals surface area contributed by atoms with E-state index in [1.165, 1.54) is 7.11 Å². The van der Waals surface area contributed by atoms with Crippen LogP contribution in [0, 0.1) is 0 Å². The molecule has 0 spiro atoms. The number of esters is 1. The van der Waals surface area contributed by atoms with Gasteiger partial charge in [0.2, 0.25) is 0 Å². The van der Waals surface area contributed by atoms with Gasteiger partial charge in [0.15, 0.2) is 0 Å². The van der Waals surface area contributed by atoms with E-state index in [9.17, 15) is 4.79 Å². The van der Waals surface area contributed by atoms with E-state index in [0.717, 1.165) is 12.3 Å². The molecule has 2 rings (SSSR count). The third kappa shape index (κ3) is 1.77. The molecule has 1 fully saturated rings. The Labute approximate surface area is 88.6 Å². The van der Waals surface area contributed by atoms with Crippen molar-refractivity contribution in [2.45, 2.75) is 24.8 Å². The fourth-order valence-corrected chi connectivity index (χ4v) is 2.09. The largest absolute Gasteiger partial charge is 0.469 e. The fourth-order valence-electron chi connectivity index (χ4n) is 2.09. The molecular formula is C11H15NO3. The van der Waals surface area contributed by atoms with Gasteiger partial charge in [-0.05, 0) is 25.5 Å². The second-order valence-corrected chi connectivity index (χ2v) is 4.12. The lowest BCUT2D eigenvalue weighted by molar-refractivity contribution is -0.147. The lowest BCUT2D eigenvalue weighted by Gasteiger charge is -2.20. The molecule has 4 heteroatoms. The Balaban J connectivity index is 2.09. The SMILES string of the molecule is COC(=O)C1(C)CC(c2ccco2)CN1. The molecule has 1 aliphatic rings. The standard InChI is InChI=1S/C11H15NO3/c1-11(10(13)14-2)6-8(7-12-11)9-4-3-5-15-9/h3-5,8,12H,6-7H2,1-2H3. The van der Waals surface area contributed by atoms with Crippen molar-refractivity contribution < 1.29 is 13.9 Å². The van der Waals surface area contributed by atoms with Gasteiger partial charge in [0.1, 0.15) is 11.3 Å². The van der Waals surface area contributed by atoms with Gasteiger partial charge in [0, 0.05) is 12.5 Å². The van der Waals surface area contributed by atoms with Crippen LogP contribution in [0.3, 0.4) is 0 Å². The Morgan fingerprint density at radius 2 is 2.53 bits per heavy atom. The van der Waals surface area contributed by atoms with Crippen molar-refractivity contribution >= 4 is 5.97 Å². The number of nitrogens with one attached hydrogen (secondary N) is 1. The Bertz CT molecular complexity index is 347. The number of carbonyl (C=O) groups is 1. The van der Waals surface area contributed by atoms with Crippen molar-refractivity contribution in [1.29, 1.82) is 0 Å². The summed E-state index contributed by atoms with van der Waals surface area (Å²) >= 11 is 0. The summed E-state index contributed by atoms with van der Waals surface area (Å²) in [6.07, 6.45) is 2.37. The molecule has 0 bridgehead atoms. The van der Waals surface area contributed by atoms with Crippen molar-refractivity contribution in [3.05, 3.63) is 24.2 Å². The molecule has 1 N–H and O–H groups in total. The molecule has 1 aliphatic heterocycles. The molecule has 0 aliphatic carbocycles. The first-order chi connectivity index (χ1) is 7.15. The van der Waals surface area contributed by atoms with Gasteiger partial charge in [-0.1, -0.05) is 0 Å². The normalized spacial score (nSPS) is 30.4. The van der Waals surface area contributed by atoms with Gasteiger partial charge >= 0.3 is 5.97 Å². The number of methoxy groups -OCH3 is 1. The van der Waals surface area contributed by atoms with Crippen LogP contribution in [0.4, 0.5) is 0 Å². The van der Waals surface area contributed by atoms with Gasteiger partial charge in [-0.2, -0.15) is 0 Å². The highest BCUT2D eigenvalue weighted by molar-refractivity contribution is 5.80. The van der Waals surface area contributed by atoms with E-state index in [2.05, 4.69) is 5.32 Å². The Morgan fingerprint density at radius 3 is 3.13 bits per heavy atom. The first kappa shape index (κ1) is 10.2. The van der Waals surface area contributed by atoms with Crippen molar-refractivity contribution in [2.24, 2.45) is 0 Å². The minimum Gasteiger partial charge on any atom is -0.469 e. The number of rotatable bonds is 2. The minimum absolute atomic E-state index is 0.212. The zero-order chi connectivity index (χ0) is 10.9. The van der Waals surface area contributed by atoms with Gasteiger partial charge in [-0.3, -0.25) is 4.79 Å². The topological polar surface area (TPSA) is 51.5 Å². The van der Waals surface area contributed by atoms with Crippen LogP contribution in [0.2, 0.25) is 0 Å². The predicted molar refractivity (Wildman–Crippen MR) is 54.5 cm³/mol. The summed E-state index contributed by atoms with van der Waals surface area (Å²) in [5.74, 6) is 0.968. The highest BCUT2D eigenvalue weighted by atomic mass is 16.5. The van der Waals surface area contributed by atoms with Crippen molar-refractivity contribution in [3.63, 3.8) is 0 Å². The summed E-state index contributed by atoms with van der Waals surface area (Å²) in [7, 11) is 1.41. The van der Waals surface area contributed by atoms with Gasteiger partial charge in [0.25, 0.3) is 0 Å². The van der Waals surface area contributed by atoms with E-state index in [1.807, 2.05) is 19.1 Å². The van der Waals surface area contributed by atoms with Crippen LogP contribution in [0.5, 0.6) is 0 Å². The van der Waals surface area contributed by atoms with Gasteiger partial charge in [-0.15, -0.1) is 0 Å². The summed E-state index contributed by atoms with van der Waals surface area (Å²) < 4.78 is 10.1. The van der Waals surface area contributed by atoms with E-state index in [4.69, 9.17) is 9.15 Å². The maximum atomic E-state index is 11.5. The highest BCUT2D eigenvalue weighted by Crippen LogP contribution is 2.32. The van der Waals surface area contributed by atoms with Crippen LogP contribution in [-0.2, 0) is 9.53 Å². The number of furan rings is 1. The monoisotopic (exact) mass is 209 g/mol. The summed E-state index contributed by atoms with van der Waals surface area (Å²) in [6.45, 7) is 2.61. The van der Waals surface area contributed by atoms with E-state index >= 15 is 0 Å². The number of hydrogen-bond donors (Lipinski definition) is 1. The number of ether oxygens (including phenoxy) is 1. The molecule has 2 unspecified atom stereocenters. The average Bonchev–Trinajstić information content (AvgIpc) is 2.85. The van der Waals surface area contributed by atoms with Crippen LogP contribution in [0.1, 0.15) is 25.0 Å². The van der Waals surface area contributed by atoms with E-state index < -0.39 is 5.54 Å². The van der Waals surface area contributed by atoms with Gasteiger partial charge < -0.3 is 14.5 Å². The molecule has 15 heavy (non-hydrogen) atoms. The maximum absolute atomic E-state index is 11.5. The quantitative estimate of drug-likeness (QED) is 0.746. The minimum atomic E-state index is -0.577. The molecule has 0 amide bonds. The van der Waals surface area contributed by atoms with Crippen LogP contribution < -0.4 is 5.32 Å². The van der Waals surface area contributed by atoms with E-state index in [-0.39, 0.29) is 11.9 Å². The molecule has 1 aromatic rings. The van der Waals surface area contributed by atoms with Crippen molar-refractivity contribution in [2.75, 3.05) is 13.7 Å². The predicted octanol–water partition coefficient (Wildman–Crippen LogP) is 1.29. The van der Waals surface area contributed by atoms with E-state index in [0.29, 0.717) is 6.42 Å². The zero-order valence-corrected chi connectivity index (χ0v) is 8.95. The smallest absolute Gasteiger partial charge is 0.325 e. The van der Waals surface area contributed by atoms with Crippen molar-refractivity contribution in [3.8, 4) is 0 Å². The second-order valence-electron chi connectivity index (χ2n) is 4.12. The fraction of sp³-hybridized carbons (Fsp3) is 0.545. The first-order valence-corrected chi connectivity index (χ1v) is 5.02. The van der Waals surface area contributed by atoms with Crippen LogP contribution >= 0.6 is 0 Å². The third-order valence-corrected chi connectivity index (χ3v) is 2.97. The molecule has 4 nitrogen and oxygen atoms in total. The molecular weight excluding hydrogens is 194 g/mol. The zero-order valence-electron chi connectivity index (χ0n) is 8.95. The molecule has 0 aromatic carbocycles. The summed E-state index contributed by atoms with van der Waals surface area (Å²) in [5.41, 5.74) is -0.577. The number of carbonyl (C=O) groups excluding carboxylic acids is 1. The van der Waals surface area contributed by atoms with Crippen LogP contribution in [0.15, 0.2) is 22.8 Å². The Hall–Kier alpha value is -1.29. The molecule has 2 atom stereocenters. The summed E-state index contributed by atoms with van der Waals surface area (Å²) in [5, 5.41) is 3.19. The third-order valence-electron chi connectivity index (χ3n) is 2.97. The van der Waals surface area contributed by atoms with Gasteiger partial charge in [0.05, 0.1) is 13.4 Å². The first-order valence-electron chi connectivity index (χ1n) is 5.02. The number of hydrogen-bond acceptors (Lipinski definition) is 4.